The molecule has 0 aliphatic carbocycles. The molecule has 15 aromatic rings. The minimum Gasteiger partial charge on any atom is -0.456 e. The molecule has 77 heavy (non-hydrogen) atoms. The van der Waals surface area contributed by atoms with Crippen molar-refractivity contribution in [2.75, 3.05) is 0 Å². The Balaban J connectivity index is 0.922. The first kappa shape index (κ1) is 44.0. The molecule has 0 atom stereocenters. The van der Waals surface area contributed by atoms with E-state index in [9.17, 15) is 0 Å². The third-order valence-electron chi connectivity index (χ3n) is 14.8. The van der Waals surface area contributed by atoms with Crippen LogP contribution in [-0.4, -0.2) is 29.9 Å². The number of hydrogen-bond donors (Lipinski definition) is 0. The summed E-state index contributed by atoms with van der Waals surface area (Å²) in [6.07, 6.45) is 0. The van der Waals surface area contributed by atoms with Gasteiger partial charge in [0.05, 0.1) is 0 Å². The van der Waals surface area contributed by atoms with Crippen molar-refractivity contribution in [2.24, 2.45) is 0 Å². The molecule has 0 bridgehead atoms. The van der Waals surface area contributed by atoms with Crippen LogP contribution in [0.25, 0.3) is 156 Å². The van der Waals surface area contributed by atoms with E-state index < -0.39 is 0 Å². The van der Waals surface area contributed by atoms with E-state index in [4.69, 9.17) is 34.3 Å². The zero-order chi connectivity index (χ0) is 50.8. The number of hydrogen-bond acceptors (Lipinski definition) is 7. The minimum absolute atomic E-state index is 0.617. The van der Waals surface area contributed by atoms with Gasteiger partial charge in [-0.05, 0) is 83.5 Å². The highest BCUT2D eigenvalue weighted by Crippen LogP contribution is 2.49. The Morgan fingerprint density at radius 2 is 0.532 bits per heavy atom. The van der Waals surface area contributed by atoms with Crippen molar-refractivity contribution >= 4 is 65.0 Å². The van der Waals surface area contributed by atoms with E-state index in [2.05, 4.69) is 133 Å². The Hall–Kier alpha value is -10.5. The zero-order valence-electron chi connectivity index (χ0n) is 41.3. The Bertz CT molecular complexity index is 4560. The number of furan rings is 1. The van der Waals surface area contributed by atoms with Gasteiger partial charge >= 0.3 is 0 Å². The molecule has 358 valence electrons. The summed E-state index contributed by atoms with van der Waals surface area (Å²) in [4.78, 5) is 31.1. The number of benzene rings is 12. The molecule has 3 aromatic heterocycles. The van der Waals surface area contributed by atoms with Crippen molar-refractivity contribution in [1.82, 2.24) is 29.9 Å². The number of aromatic nitrogens is 6. The predicted octanol–water partition coefficient (Wildman–Crippen LogP) is 17.9. The van der Waals surface area contributed by atoms with E-state index in [0.717, 1.165) is 121 Å². The molecule has 15 rings (SSSR count). The maximum atomic E-state index is 6.98. The third kappa shape index (κ3) is 7.43. The lowest BCUT2D eigenvalue weighted by atomic mass is 9.86. The van der Waals surface area contributed by atoms with Gasteiger partial charge in [-0.25, -0.2) is 29.9 Å². The minimum atomic E-state index is 0.617. The molecule has 0 saturated carbocycles. The van der Waals surface area contributed by atoms with Crippen LogP contribution in [-0.2, 0) is 0 Å². The van der Waals surface area contributed by atoms with Crippen LogP contribution < -0.4 is 0 Å². The third-order valence-corrected chi connectivity index (χ3v) is 14.8. The fraction of sp³-hybridized carbons (Fsp3) is 0. The molecule has 0 fully saturated rings. The Morgan fingerprint density at radius 3 is 0.909 bits per heavy atom. The van der Waals surface area contributed by atoms with Crippen LogP contribution in [0.5, 0.6) is 0 Å². The number of nitrogens with zero attached hydrogens (tertiary/aromatic N) is 6. The zero-order valence-corrected chi connectivity index (χ0v) is 41.3. The molecule has 0 amide bonds. The number of rotatable bonds is 8. The Kier molecular flexibility index (Phi) is 10.4. The van der Waals surface area contributed by atoms with Crippen LogP contribution in [0.2, 0.25) is 0 Å². The Morgan fingerprint density at radius 1 is 0.208 bits per heavy atom. The van der Waals surface area contributed by atoms with Gasteiger partial charge < -0.3 is 4.42 Å². The lowest BCUT2D eigenvalue weighted by Crippen LogP contribution is -2.01. The van der Waals surface area contributed by atoms with E-state index in [0.29, 0.717) is 34.9 Å². The molecule has 0 radical (unpaired) electrons. The highest BCUT2D eigenvalue weighted by molar-refractivity contribution is 6.26. The van der Waals surface area contributed by atoms with E-state index in [-0.39, 0.29) is 0 Å². The van der Waals surface area contributed by atoms with Crippen LogP contribution in [0, 0.1) is 0 Å². The summed E-state index contributed by atoms with van der Waals surface area (Å²) in [5.41, 5.74) is 11.6. The largest absolute Gasteiger partial charge is 0.456 e. The maximum Gasteiger partial charge on any atom is 0.165 e. The SMILES string of the molecule is c1ccc(-c2nc(-c3ccccc3)nc(-c3c4ccccc4c(-c4ccc5c(c4)oc4cccc(-c6c7ccccc7c(-c7nc(-c8ccccc8)nc(-c8ccccc8)n7)c7ccccc67)c45)c4ccccc34)n2)cc1. The van der Waals surface area contributed by atoms with Crippen molar-refractivity contribution in [1.29, 1.82) is 0 Å². The van der Waals surface area contributed by atoms with Crippen molar-refractivity contribution < 1.29 is 4.42 Å². The molecule has 0 N–H and O–H groups in total. The summed E-state index contributed by atoms with van der Waals surface area (Å²) in [6, 6.07) is 88.2. The summed E-state index contributed by atoms with van der Waals surface area (Å²) < 4.78 is 6.98. The molecule has 0 aliphatic heterocycles. The van der Waals surface area contributed by atoms with Crippen LogP contribution in [0.4, 0.5) is 0 Å². The standard InChI is InChI=1S/C70H42N6O/c1-5-22-43(23-6-1)65-71-66(44-24-7-2-8-25-44)74-69(73-65)63-52-34-17-13-30-48(52)60(49-31-14-18-35-53(49)63)47-40-41-56-59(42-47)77-58-39-21-38-57(62(56)58)61-50-32-15-19-36-54(50)64(55-37-20-16-33-51(55)61)70-75-67(45-26-9-3-10-27-45)72-68(76-70)46-28-11-4-12-29-46/h1-42H. The lowest BCUT2D eigenvalue weighted by Gasteiger charge is -2.18. The van der Waals surface area contributed by atoms with E-state index >= 15 is 0 Å². The van der Waals surface area contributed by atoms with E-state index in [1.807, 2.05) is 121 Å². The van der Waals surface area contributed by atoms with Crippen molar-refractivity contribution in [3.8, 4) is 90.6 Å². The van der Waals surface area contributed by atoms with E-state index in [1.54, 1.807) is 0 Å². The quantitative estimate of drug-likeness (QED) is 0.140. The second kappa shape index (κ2) is 18.2. The molecule has 0 unspecified atom stereocenters. The van der Waals surface area contributed by atoms with Crippen molar-refractivity contribution in [2.45, 2.75) is 0 Å². The summed E-state index contributed by atoms with van der Waals surface area (Å²) in [7, 11) is 0. The summed E-state index contributed by atoms with van der Waals surface area (Å²) in [5.74, 6) is 3.72. The molecule has 7 heteroatoms. The Labute approximate surface area is 442 Å². The molecular formula is C70H42N6O. The van der Waals surface area contributed by atoms with Crippen molar-refractivity contribution in [3.63, 3.8) is 0 Å². The van der Waals surface area contributed by atoms with E-state index in [1.165, 1.54) is 0 Å². The molecule has 0 saturated heterocycles. The highest BCUT2D eigenvalue weighted by atomic mass is 16.3. The topological polar surface area (TPSA) is 90.5 Å². The molecule has 3 heterocycles. The normalized spacial score (nSPS) is 11.6. The fourth-order valence-electron chi connectivity index (χ4n) is 11.4. The summed E-state index contributed by atoms with van der Waals surface area (Å²) in [5, 5.41) is 10.6. The van der Waals surface area contributed by atoms with Gasteiger partial charge in [-0.15, -0.1) is 0 Å². The van der Waals surface area contributed by atoms with Gasteiger partial charge in [0.25, 0.3) is 0 Å². The average Bonchev–Trinajstić information content (AvgIpc) is 4.13. The van der Waals surface area contributed by atoms with Gasteiger partial charge in [-0.2, -0.15) is 0 Å². The van der Waals surface area contributed by atoms with Gasteiger partial charge in [0, 0.05) is 44.2 Å². The average molecular weight is 983 g/mol. The van der Waals surface area contributed by atoms with Crippen LogP contribution in [0.15, 0.2) is 259 Å². The second-order valence-electron chi connectivity index (χ2n) is 19.3. The number of fused-ring (bicyclic) bond motifs is 7. The summed E-state index contributed by atoms with van der Waals surface area (Å²) >= 11 is 0. The molecule has 0 spiro atoms. The monoisotopic (exact) mass is 982 g/mol. The highest BCUT2D eigenvalue weighted by Gasteiger charge is 2.25. The maximum absolute atomic E-state index is 6.98. The fourth-order valence-corrected chi connectivity index (χ4v) is 11.4. The second-order valence-corrected chi connectivity index (χ2v) is 19.3. The molecule has 0 aliphatic rings. The van der Waals surface area contributed by atoms with Gasteiger partial charge in [-0.3, -0.25) is 0 Å². The van der Waals surface area contributed by atoms with Gasteiger partial charge in [0.2, 0.25) is 0 Å². The van der Waals surface area contributed by atoms with Crippen LogP contribution >= 0.6 is 0 Å². The first-order chi connectivity index (χ1) is 38.2. The molecule has 7 nitrogen and oxygen atoms in total. The van der Waals surface area contributed by atoms with Crippen molar-refractivity contribution in [3.05, 3.63) is 255 Å². The first-order valence-electron chi connectivity index (χ1n) is 25.8. The van der Waals surface area contributed by atoms with Gasteiger partial charge in [0.1, 0.15) is 11.2 Å². The van der Waals surface area contributed by atoms with Crippen LogP contribution in [0.1, 0.15) is 0 Å². The van der Waals surface area contributed by atoms with Gasteiger partial charge in [-0.1, -0.05) is 237 Å². The molecular weight excluding hydrogens is 941 g/mol. The van der Waals surface area contributed by atoms with Crippen LogP contribution in [0.3, 0.4) is 0 Å². The molecule has 12 aromatic carbocycles. The lowest BCUT2D eigenvalue weighted by molar-refractivity contribution is 0.669. The van der Waals surface area contributed by atoms with Gasteiger partial charge in [0.15, 0.2) is 34.9 Å². The predicted molar refractivity (Wildman–Crippen MR) is 314 cm³/mol. The summed E-state index contributed by atoms with van der Waals surface area (Å²) in [6.45, 7) is 0. The smallest absolute Gasteiger partial charge is 0.165 e. The first-order valence-corrected chi connectivity index (χ1v) is 25.8.